The Labute approximate surface area is 550 Å². The van der Waals surface area contributed by atoms with Crippen LogP contribution in [-0.4, -0.2) is 210 Å². The first-order valence-corrected chi connectivity index (χ1v) is 32.7. The summed E-state index contributed by atoms with van der Waals surface area (Å²) in [5.41, 5.74) is 4.98. The van der Waals surface area contributed by atoms with Crippen LogP contribution in [0.15, 0.2) is 133 Å². The number of ether oxygens (including phenoxy) is 4. The first-order valence-electron chi connectivity index (χ1n) is 30.4. The standard InChI is InChI=1S/C66H80N6O20S2/c1-39(73)69-55-49(75)35-65(63(85)86,91-59(55)57(81)51(77)37-67-61(83)45-22-18-43(19-23-45)41-12-5-3-6-13-41)89-28-10-30-93-32-26-53(79)71-47-16-9-17-48(34-47)72-54(80)27-33-94-31-11-29-90-66(64(87)88)36-50(76)56(70-40(2)74)60(92-66)58(82)52(78)38-68-62(84)46-24-20-44(21-25-46)42-14-7-4-8-15-42/h3-9,12-25,34,49-52,55-60,75-78,81-82H,10-11,26-33,35-38H2,1-2H3,(H,67,83)(H,68,84)(H,69,73)(H,70,74)(H,71,79)(H,72,80)(H,85,86)(H,87,88)/t49-,50+,51+,52-,55+,56-,57-,58-,59-,60-,65-,66-/m1/s1. The van der Waals surface area contributed by atoms with E-state index in [0.717, 1.165) is 36.1 Å². The Morgan fingerprint density at radius 2 is 0.872 bits per heavy atom. The van der Waals surface area contributed by atoms with E-state index in [2.05, 4.69) is 31.9 Å². The molecule has 0 bridgehead atoms. The monoisotopic (exact) mass is 1340 g/mol. The zero-order valence-corrected chi connectivity index (χ0v) is 53.3. The number of aliphatic hydroxyl groups excluding tert-OH is 6. The summed E-state index contributed by atoms with van der Waals surface area (Å²) in [6.45, 7) is 0.853. The average Bonchev–Trinajstić information content (AvgIpc) is 0.777. The second-order valence-corrected chi connectivity index (χ2v) is 25.0. The van der Waals surface area contributed by atoms with Crippen molar-refractivity contribution in [3.05, 3.63) is 145 Å². The molecule has 5 aromatic rings. The molecule has 7 rings (SSSR count). The molecule has 2 fully saturated rings. The lowest BCUT2D eigenvalue weighted by Crippen LogP contribution is -2.68. The van der Waals surface area contributed by atoms with Gasteiger partial charge in [-0.15, -0.1) is 0 Å². The van der Waals surface area contributed by atoms with Crippen LogP contribution in [0.2, 0.25) is 0 Å². The lowest BCUT2D eigenvalue weighted by Gasteiger charge is -2.46. The van der Waals surface area contributed by atoms with Crippen LogP contribution in [0.1, 0.15) is 73.1 Å². The van der Waals surface area contributed by atoms with E-state index in [1.807, 2.05) is 60.7 Å². The molecule has 5 aromatic carbocycles. The predicted octanol–water partition coefficient (Wildman–Crippen LogP) is 3.13. The van der Waals surface area contributed by atoms with Gasteiger partial charge in [0.2, 0.25) is 23.6 Å². The Morgan fingerprint density at radius 1 is 0.511 bits per heavy atom. The van der Waals surface area contributed by atoms with Gasteiger partial charge in [-0.3, -0.25) is 28.8 Å². The third-order valence-electron chi connectivity index (χ3n) is 15.4. The van der Waals surface area contributed by atoms with Gasteiger partial charge < -0.3 is 91.7 Å². The van der Waals surface area contributed by atoms with Gasteiger partial charge in [-0.1, -0.05) is 91.0 Å². The molecule has 94 heavy (non-hydrogen) atoms. The zero-order valence-electron chi connectivity index (χ0n) is 51.7. The van der Waals surface area contributed by atoms with Gasteiger partial charge in [0.05, 0.1) is 49.7 Å². The van der Waals surface area contributed by atoms with Crippen molar-refractivity contribution in [3.8, 4) is 22.3 Å². The highest BCUT2D eigenvalue weighted by Gasteiger charge is 2.57. The fourth-order valence-electron chi connectivity index (χ4n) is 10.5. The smallest absolute Gasteiger partial charge is 0.364 e. The van der Waals surface area contributed by atoms with Gasteiger partial charge in [-0.05, 0) is 89.1 Å². The molecule has 0 spiro atoms. The van der Waals surface area contributed by atoms with Crippen LogP contribution in [0.3, 0.4) is 0 Å². The molecule has 0 radical (unpaired) electrons. The average molecular weight is 1340 g/mol. The molecule has 28 heteroatoms. The molecular formula is C66H80N6O20S2. The maximum Gasteiger partial charge on any atom is 0.364 e. The molecule has 6 amide bonds. The number of anilines is 2. The summed E-state index contributed by atoms with van der Waals surface area (Å²) < 4.78 is 23.2. The van der Waals surface area contributed by atoms with Crippen LogP contribution in [-0.2, 0) is 47.7 Å². The van der Waals surface area contributed by atoms with Crippen LogP contribution in [0.5, 0.6) is 0 Å². The van der Waals surface area contributed by atoms with Crippen molar-refractivity contribution in [1.29, 1.82) is 0 Å². The maximum absolute atomic E-state index is 13.0. The Kier molecular flexibility index (Phi) is 27.9. The second-order valence-electron chi connectivity index (χ2n) is 22.5. The fraction of sp³-hybridized carbons (Fsp3) is 0.424. The summed E-state index contributed by atoms with van der Waals surface area (Å²) in [5, 5.41) is 103. The molecule has 0 saturated carbocycles. The highest BCUT2D eigenvalue weighted by Crippen LogP contribution is 2.36. The second kappa shape index (κ2) is 35.6. The van der Waals surface area contributed by atoms with Gasteiger partial charge in [0, 0.05) is 86.6 Å². The van der Waals surface area contributed by atoms with E-state index >= 15 is 0 Å². The Balaban J connectivity index is 0.786. The Bertz CT molecular complexity index is 3130. The largest absolute Gasteiger partial charge is 0.477 e. The van der Waals surface area contributed by atoms with Crippen LogP contribution in [0, 0.1) is 0 Å². The van der Waals surface area contributed by atoms with Crippen molar-refractivity contribution >= 4 is 82.3 Å². The molecule has 26 nitrogen and oxygen atoms in total. The number of aliphatic carboxylic acids is 2. The van der Waals surface area contributed by atoms with E-state index in [9.17, 15) is 79.2 Å². The van der Waals surface area contributed by atoms with Crippen LogP contribution in [0.4, 0.5) is 11.4 Å². The van der Waals surface area contributed by atoms with Gasteiger partial charge in [0.15, 0.2) is 0 Å². The first-order chi connectivity index (χ1) is 45.0. The van der Waals surface area contributed by atoms with E-state index in [4.69, 9.17) is 18.9 Å². The number of benzene rings is 5. The van der Waals surface area contributed by atoms with Crippen molar-refractivity contribution < 1.29 is 98.2 Å². The SMILES string of the molecule is CC(=O)N[C@@H]1[C@H]([C@H](O)[C@@H](O)CNC(=O)c2ccc(-c3ccccc3)cc2)O[C@@](OCCCSCCC(=O)Nc2cccc(NC(=O)CCSCCCO[C@]3(C(=O)O)C[C@H](O)[C@@H](NC(C)=O)[C@H]([C@H](O)[C@H](O)CNC(=O)c4ccc(-c5ccccc5)cc4)O3)c2)(C(=O)O)C[C@H]1O. The van der Waals surface area contributed by atoms with Crippen LogP contribution in [0.25, 0.3) is 22.3 Å². The number of amides is 6. The summed E-state index contributed by atoms with van der Waals surface area (Å²) in [4.78, 5) is 102. The number of nitrogens with one attached hydrogen (secondary N) is 6. The lowest BCUT2D eigenvalue weighted by molar-refractivity contribution is -0.310. The van der Waals surface area contributed by atoms with Crippen molar-refractivity contribution in [1.82, 2.24) is 21.3 Å². The third-order valence-corrected chi connectivity index (χ3v) is 17.5. The lowest BCUT2D eigenvalue weighted by atomic mass is 9.88. The summed E-state index contributed by atoms with van der Waals surface area (Å²) in [6, 6.07) is 36.1. The maximum atomic E-state index is 13.0. The number of hydrogen-bond acceptors (Lipinski definition) is 20. The molecule has 506 valence electrons. The van der Waals surface area contributed by atoms with Crippen LogP contribution >= 0.6 is 23.5 Å². The van der Waals surface area contributed by atoms with Gasteiger partial charge in [-0.25, -0.2) is 9.59 Å². The first kappa shape index (κ1) is 73.6. The molecule has 2 aliphatic rings. The van der Waals surface area contributed by atoms with E-state index in [-0.39, 0.29) is 61.8 Å². The van der Waals surface area contributed by atoms with E-state index in [0.29, 0.717) is 34.4 Å². The molecule has 2 saturated heterocycles. The predicted molar refractivity (Wildman–Crippen MR) is 348 cm³/mol. The van der Waals surface area contributed by atoms with Gasteiger partial charge >= 0.3 is 11.9 Å². The normalized spacial score (nSPS) is 22.3. The number of carbonyl (C=O) groups excluding carboxylic acids is 6. The molecular weight excluding hydrogens is 1260 g/mol. The van der Waals surface area contributed by atoms with E-state index in [1.54, 1.807) is 72.8 Å². The van der Waals surface area contributed by atoms with Gasteiger partial charge in [0.1, 0.15) is 24.4 Å². The van der Waals surface area contributed by atoms with E-state index < -0.39 is 134 Å². The molecule has 0 aromatic heterocycles. The third kappa shape index (κ3) is 21.1. The number of aliphatic hydroxyl groups is 6. The quantitative estimate of drug-likeness (QED) is 0.0263. The summed E-state index contributed by atoms with van der Waals surface area (Å²) in [7, 11) is 0. The zero-order chi connectivity index (χ0) is 68.0. The highest BCUT2D eigenvalue weighted by atomic mass is 32.2. The molecule has 12 atom stereocenters. The number of carboxylic acid groups (broad SMARTS) is 2. The number of thioether (sulfide) groups is 2. The number of hydrogen-bond donors (Lipinski definition) is 14. The molecule has 2 aliphatic heterocycles. The van der Waals surface area contributed by atoms with Gasteiger partial charge in [-0.2, -0.15) is 23.5 Å². The number of rotatable bonds is 34. The van der Waals surface area contributed by atoms with Crippen molar-refractivity contribution in [2.24, 2.45) is 0 Å². The van der Waals surface area contributed by atoms with Crippen molar-refractivity contribution in [2.45, 2.75) is 125 Å². The molecule has 2 heterocycles. The van der Waals surface area contributed by atoms with Crippen LogP contribution < -0.4 is 31.9 Å². The topological polar surface area (TPSA) is 408 Å². The van der Waals surface area contributed by atoms with E-state index in [1.165, 1.54) is 23.5 Å². The highest BCUT2D eigenvalue weighted by molar-refractivity contribution is 7.99. The molecule has 0 unspecified atom stereocenters. The van der Waals surface area contributed by atoms with Gasteiger partial charge in [0.25, 0.3) is 23.4 Å². The fourth-order valence-corrected chi connectivity index (χ4v) is 12.2. The minimum Gasteiger partial charge on any atom is -0.477 e. The van der Waals surface area contributed by atoms with Crippen molar-refractivity contribution in [3.63, 3.8) is 0 Å². The number of carbonyl (C=O) groups is 8. The van der Waals surface area contributed by atoms with Crippen molar-refractivity contribution in [2.75, 3.05) is 59.9 Å². The molecule has 0 aliphatic carbocycles. The molecule has 14 N–H and O–H groups in total. The summed E-state index contributed by atoms with van der Waals surface area (Å²) in [6.07, 6.45) is -14.7. The summed E-state index contributed by atoms with van der Waals surface area (Å²) >= 11 is 2.74. The minimum absolute atomic E-state index is 0.0839. The number of carboxylic acids is 2. The summed E-state index contributed by atoms with van der Waals surface area (Å²) in [5.74, 6) is -9.85. The Hall–Kier alpha value is -7.84. The Morgan fingerprint density at radius 3 is 1.22 bits per heavy atom. The minimum atomic E-state index is -2.51.